The molecule has 0 aliphatic heterocycles. The Morgan fingerprint density at radius 1 is 1.23 bits per heavy atom. The molecule has 7 nitrogen and oxygen atoms in total. The second-order valence-electron chi connectivity index (χ2n) is 6.28. The van der Waals surface area contributed by atoms with E-state index in [2.05, 4.69) is 5.32 Å². The molecule has 0 saturated carbocycles. The van der Waals surface area contributed by atoms with Crippen molar-refractivity contribution >= 4 is 17.8 Å². The average Bonchev–Trinajstić information content (AvgIpc) is 2.57. The highest BCUT2D eigenvalue weighted by atomic mass is 16.5. The van der Waals surface area contributed by atoms with Crippen molar-refractivity contribution in [3.63, 3.8) is 0 Å². The number of carboxylic acids is 1. The molecule has 0 heterocycles. The number of hydrogen-bond acceptors (Lipinski definition) is 4. The second kappa shape index (κ2) is 10.4. The van der Waals surface area contributed by atoms with Crippen LogP contribution in [-0.2, 0) is 14.4 Å². The van der Waals surface area contributed by atoms with Gasteiger partial charge in [0.1, 0.15) is 11.8 Å². The molecule has 2 amide bonds. The van der Waals surface area contributed by atoms with E-state index in [0.717, 1.165) is 11.3 Å². The van der Waals surface area contributed by atoms with Gasteiger partial charge in [0, 0.05) is 26.4 Å². The van der Waals surface area contributed by atoms with Crippen LogP contribution in [0.5, 0.6) is 5.75 Å². The van der Waals surface area contributed by atoms with Crippen LogP contribution in [0.2, 0.25) is 0 Å². The van der Waals surface area contributed by atoms with Crippen LogP contribution < -0.4 is 10.1 Å². The number of amides is 2. The van der Waals surface area contributed by atoms with Gasteiger partial charge >= 0.3 is 5.97 Å². The van der Waals surface area contributed by atoms with Crippen LogP contribution in [0, 0.1) is 13.8 Å². The molecule has 0 aliphatic rings. The van der Waals surface area contributed by atoms with E-state index in [1.54, 1.807) is 0 Å². The molecule has 0 spiro atoms. The third kappa shape index (κ3) is 7.13. The molecule has 1 aromatic carbocycles. The number of carboxylic acid groups (broad SMARTS) is 1. The monoisotopic (exact) mass is 364 g/mol. The molecule has 0 radical (unpaired) electrons. The van der Waals surface area contributed by atoms with E-state index in [0.29, 0.717) is 13.0 Å². The third-order valence-corrected chi connectivity index (χ3v) is 4.15. The highest BCUT2D eigenvalue weighted by molar-refractivity contribution is 5.83. The van der Waals surface area contributed by atoms with Crippen LogP contribution in [0.1, 0.15) is 37.8 Å². The second-order valence-corrected chi connectivity index (χ2v) is 6.28. The van der Waals surface area contributed by atoms with Gasteiger partial charge in [0.2, 0.25) is 11.8 Å². The number of nitrogens with zero attached hydrogens (tertiary/aromatic N) is 1. The number of carbonyl (C=O) groups excluding carboxylic acids is 2. The average molecular weight is 364 g/mol. The maximum absolute atomic E-state index is 12.4. The quantitative estimate of drug-likeness (QED) is 0.618. The molecule has 7 heteroatoms. The van der Waals surface area contributed by atoms with Gasteiger partial charge in [0.15, 0.2) is 0 Å². The van der Waals surface area contributed by atoms with Crippen molar-refractivity contribution in [2.75, 3.05) is 19.7 Å². The Hall–Kier alpha value is -2.57. The fraction of sp³-hybridized carbons (Fsp3) is 0.526. The number of carbonyl (C=O) groups is 3. The number of rotatable bonds is 10. The van der Waals surface area contributed by atoms with Gasteiger partial charge in [-0.1, -0.05) is 6.07 Å². The van der Waals surface area contributed by atoms with Crippen LogP contribution >= 0.6 is 0 Å². The first kappa shape index (κ1) is 21.5. The Morgan fingerprint density at radius 3 is 2.50 bits per heavy atom. The molecule has 1 unspecified atom stereocenters. The highest BCUT2D eigenvalue weighted by Gasteiger charge is 2.24. The van der Waals surface area contributed by atoms with Crippen molar-refractivity contribution in [3.8, 4) is 5.75 Å². The molecule has 2 N–H and O–H groups in total. The maximum atomic E-state index is 12.4. The first-order valence-corrected chi connectivity index (χ1v) is 8.69. The van der Waals surface area contributed by atoms with Crippen LogP contribution in [0.15, 0.2) is 18.2 Å². The Labute approximate surface area is 154 Å². The minimum Gasteiger partial charge on any atom is -0.494 e. The van der Waals surface area contributed by atoms with Crippen molar-refractivity contribution in [1.82, 2.24) is 10.2 Å². The van der Waals surface area contributed by atoms with Crippen molar-refractivity contribution in [3.05, 3.63) is 29.3 Å². The zero-order valence-corrected chi connectivity index (χ0v) is 15.9. The molecule has 1 aromatic rings. The normalized spacial score (nSPS) is 11.5. The van der Waals surface area contributed by atoms with Crippen molar-refractivity contribution in [1.29, 1.82) is 0 Å². The van der Waals surface area contributed by atoms with Crippen LogP contribution in [0.3, 0.4) is 0 Å². The number of nitrogens with one attached hydrogen (secondary N) is 1. The van der Waals surface area contributed by atoms with E-state index in [4.69, 9.17) is 4.74 Å². The van der Waals surface area contributed by atoms with Gasteiger partial charge in [-0.15, -0.1) is 0 Å². The van der Waals surface area contributed by atoms with E-state index in [9.17, 15) is 19.5 Å². The number of ether oxygens (including phenoxy) is 1. The summed E-state index contributed by atoms with van der Waals surface area (Å²) in [5.74, 6) is -0.814. The zero-order valence-electron chi connectivity index (χ0n) is 15.9. The van der Waals surface area contributed by atoms with Gasteiger partial charge in [0.05, 0.1) is 6.61 Å². The predicted octanol–water partition coefficient (Wildman–Crippen LogP) is 1.90. The highest BCUT2D eigenvalue weighted by Crippen LogP contribution is 2.16. The maximum Gasteiger partial charge on any atom is 0.326 e. The lowest BCUT2D eigenvalue weighted by Crippen LogP contribution is -2.46. The van der Waals surface area contributed by atoms with Gasteiger partial charge in [0.25, 0.3) is 0 Å². The lowest BCUT2D eigenvalue weighted by molar-refractivity contribution is -0.149. The topological polar surface area (TPSA) is 95.9 Å². The minimum absolute atomic E-state index is 0.157. The summed E-state index contributed by atoms with van der Waals surface area (Å²) in [7, 11) is 0. The lowest BCUT2D eigenvalue weighted by atomic mass is 10.1. The Kier molecular flexibility index (Phi) is 8.61. The summed E-state index contributed by atoms with van der Waals surface area (Å²) in [5, 5.41) is 11.7. The molecule has 144 valence electrons. The van der Waals surface area contributed by atoms with E-state index >= 15 is 0 Å². The third-order valence-electron chi connectivity index (χ3n) is 4.15. The molecule has 0 bridgehead atoms. The van der Waals surface area contributed by atoms with Crippen molar-refractivity contribution in [2.45, 2.75) is 46.6 Å². The summed E-state index contributed by atoms with van der Waals surface area (Å²) in [4.78, 5) is 35.8. The standard InChI is InChI=1S/C19H28N2O5/c1-13-7-8-17(12-14(13)2)26-11-5-6-18(23)21(15(3)19(24)25)10-9-20-16(4)22/h7-8,12,15H,5-6,9-11H2,1-4H3,(H,20,22)(H,24,25). The molecule has 26 heavy (non-hydrogen) atoms. The number of benzene rings is 1. The van der Waals surface area contributed by atoms with Crippen molar-refractivity contribution in [2.24, 2.45) is 0 Å². The fourth-order valence-electron chi connectivity index (χ4n) is 2.38. The summed E-state index contributed by atoms with van der Waals surface area (Å²) in [6.45, 7) is 7.61. The molecule has 0 saturated heterocycles. The Bertz CT molecular complexity index is 645. The van der Waals surface area contributed by atoms with E-state index in [-0.39, 0.29) is 31.3 Å². The first-order valence-electron chi connectivity index (χ1n) is 8.69. The van der Waals surface area contributed by atoms with Gasteiger partial charge in [-0.05, 0) is 50.5 Å². The SMILES string of the molecule is CC(=O)NCCN(C(=O)CCCOc1ccc(C)c(C)c1)C(C)C(=O)O. The Morgan fingerprint density at radius 2 is 1.92 bits per heavy atom. The summed E-state index contributed by atoms with van der Waals surface area (Å²) in [5.41, 5.74) is 2.32. The Balaban J connectivity index is 2.50. The molecular weight excluding hydrogens is 336 g/mol. The fourth-order valence-corrected chi connectivity index (χ4v) is 2.38. The molecular formula is C19H28N2O5. The van der Waals surface area contributed by atoms with Crippen LogP contribution in [0.25, 0.3) is 0 Å². The van der Waals surface area contributed by atoms with E-state index in [1.807, 2.05) is 32.0 Å². The molecule has 0 aromatic heterocycles. The molecule has 0 fully saturated rings. The number of aryl methyl sites for hydroxylation is 2. The smallest absolute Gasteiger partial charge is 0.326 e. The molecule has 1 rings (SSSR count). The number of hydrogen-bond donors (Lipinski definition) is 2. The predicted molar refractivity (Wildman–Crippen MR) is 98.1 cm³/mol. The lowest BCUT2D eigenvalue weighted by Gasteiger charge is -2.26. The molecule has 1 atom stereocenters. The first-order chi connectivity index (χ1) is 12.2. The summed E-state index contributed by atoms with van der Waals surface area (Å²) < 4.78 is 5.65. The summed E-state index contributed by atoms with van der Waals surface area (Å²) >= 11 is 0. The van der Waals surface area contributed by atoms with E-state index < -0.39 is 12.0 Å². The van der Waals surface area contributed by atoms with Gasteiger partial charge in [-0.25, -0.2) is 4.79 Å². The zero-order chi connectivity index (χ0) is 19.7. The molecule has 0 aliphatic carbocycles. The van der Waals surface area contributed by atoms with Crippen LogP contribution in [0.4, 0.5) is 0 Å². The van der Waals surface area contributed by atoms with E-state index in [1.165, 1.54) is 24.3 Å². The summed E-state index contributed by atoms with van der Waals surface area (Å²) in [6, 6.07) is 4.87. The largest absolute Gasteiger partial charge is 0.494 e. The summed E-state index contributed by atoms with van der Waals surface area (Å²) in [6.07, 6.45) is 0.664. The van der Waals surface area contributed by atoms with Gasteiger partial charge in [-0.3, -0.25) is 9.59 Å². The van der Waals surface area contributed by atoms with Crippen molar-refractivity contribution < 1.29 is 24.2 Å². The minimum atomic E-state index is -1.08. The van der Waals surface area contributed by atoms with Gasteiger partial charge in [-0.2, -0.15) is 0 Å². The van der Waals surface area contributed by atoms with Gasteiger partial charge < -0.3 is 20.1 Å². The number of aliphatic carboxylic acids is 1. The van der Waals surface area contributed by atoms with Crippen LogP contribution in [-0.4, -0.2) is 53.5 Å².